The predicted molar refractivity (Wildman–Crippen MR) is 98.2 cm³/mol. The summed E-state index contributed by atoms with van der Waals surface area (Å²) in [6.07, 6.45) is 1.46. The number of nitro benzene ring substituents is 1. The molecule has 1 aromatic heterocycles. The zero-order valence-electron chi connectivity index (χ0n) is 14.3. The lowest BCUT2D eigenvalue weighted by molar-refractivity contribution is -0.384. The first-order valence-corrected chi connectivity index (χ1v) is 8.39. The third-order valence-electron chi connectivity index (χ3n) is 4.59. The summed E-state index contributed by atoms with van der Waals surface area (Å²) >= 11 is 0. The monoisotopic (exact) mass is 350 g/mol. The van der Waals surface area contributed by atoms with Crippen LogP contribution in [0.5, 0.6) is 5.75 Å². The Morgan fingerprint density at radius 1 is 1.23 bits per heavy atom. The number of nitro groups is 1. The van der Waals surface area contributed by atoms with Crippen molar-refractivity contribution in [3.8, 4) is 11.4 Å². The van der Waals surface area contributed by atoms with Crippen molar-refractivity contribution in [2.45, 2.75) is 12.8 Å². The number of nitrogens with one attached hydrogen (secondary N) is 1. The minimum absolute atomic E-state index is 0.0374. The molecule has 0 saturated carbocycles. The first-order chi connectivity index (χ1) is 12.7. The number of hydrogen-bond donors (Lipinski definition) is 1. The van der Waals surface area contributed by atoms with Crippen LogP contribution in [0.15, 0.2) is 48.5 Å². The molecule has 0 radical (unpaired) electrons. The fourth-order valence-corrected chi connectivity index (χ4v) is 3.39. The van der Waals surface area contributed by atoms with Gasteiger partial charge in [-0.2, -0.15) is 5.10 Å². The number of ether oxygens (including phenoxy) is 1. The van der Waals surface area contributed by atoms with Gasteiger partial charge in [-0.1, -0.05) is 30.3 Å². The van der Waals surface area contributed by atoms with Crippen molar-refractivity contribution in [1.29, 1.82) is 0 Å². The number of rotatable bonds is 5. The summed E-state index contributed by atoms with van der Waals surface area (Å²) < 4.78 is 7.10. The Balaban J connectivity index is 1.81. The lowest BCUT2D eigenvalue weighted by atomic mass is 10.0. The second-order valence-corrected chi connectivity index (χ2v) is 6.10. The van der Waals surface area contributed by atoms with Crippen LogP contribution in [0.25, 0.3) is 5.69 Å². The second kappa shape index (κ2) is 6.51. The fraction of sp³-hybridized carbons (Fsp3) is 0.211. The third kappa shape index (κ3) is 2.67. The van der Waals surface area contributed by atoms with Crippen LogP contribution in [0.4, 0.5) is 11.5 Å². The summed E-state index contributed by atoms with van der Waals surface area (Å²) in [5.41, 5.74) is 3.56. The Kier molecular flexibility index (Phi) is 4.04. The van der Waals surface area contributed by atoms with Crippen molar-refractivity contribution < 1.29 is 9.66 Å². The molecule has 7 heteroatoms. The standard InChI is InChI=1S/C19H18N4O3/c1-26-18-9-5-2-6-13(18)12-15-14-10-11-20-19(14)22(21-15)16-7-3-4-8-17(16)23(24)25/h2-9,20H,10-12H2,1H3. The van der Waals surface area contributed by atoms with E-state index in [0.29, 0.717) is 12.1 Å². The summed E-state index contributed by atoms with van der Waals surface area (Å²) in [5.74, 6) is 1.65. The van der Waals surface area contributed by atoms with E-state index in [1.54, 1.807) is 30.0 Å². The first kappa shape index (κ1) is 16.1. The van der Waals surface area contributed by atoms with E-state index in [4.69, 9.17) is 9.84 Å². The highest BCUT2D eigenvalue weighted by atomic mass is 16.6. The number of nitrogens with zero attached hydrogens (tertiary/aromatic N) is 3. The molecule has 1 N–H and O–H groups in total. The second-order valence-electron chi connectivity index (χ2n) is 6.10. The van der Waals surface area contributed by atoms with Crippen LogP contribution < -0.4 is 10.1 Å². The molecule has 0 aliphatic carbocycles. The molecule has 132 valence electrons. The van der Waals surface area contributed by atoms with E-state index in [1.807, 2.05) is 24.3 Å². The minimum atomic E-state index is -0.377. The van der Waals surface area contributed by atoms with E-state index in [2.05, 4.69) is 5.32 Å². The van der Waals surface area contributed by atoms with E-state index in [9.17, 15) is 10.1 Å². The maximum Gasteiger partial charge on any atom is 0.294 e. The van der Waals surface area contributed by atoms with Gasteiger partial charge in [0.15, 0.2) is 0 Å². The number of hydrogen-bond acceptors (Lipinski definition) is 5. The molecule has 2 aromatic carbocycles. The van der Waals surface area contributed by atoms with Crippen LogP contribution in [0.2, 0.25) is 0 Å². The minimum Gasteiger partial charge on any atom is -0.496 e. The van der Waals surface area contributed by atoms with Gasteiger partial charge in [-0.25, -0.2) is 4.68 Å². The summed E-state index contributed by atoms with van der Waals surface area (Å²) in [5, 5.41) is 19.4. The van der Waals surface area contributed by atoms with Crippen LogP contribution in [0, 0.1) is 10.1 Å². The molecule has 0 spiro atoms. The van der Waals surface area contributed by atoms with E-state index < -0.39 is 0 Å². The van der Waals surface area contributed by atoms with E-state index in [-0.39, 0.29) is 10.6 Å². The van der Waals surface area contributed by atoms with Crippen molar-refractivity contribution in [3.05, 3.63) is 75.5 Å². The van der Waals surface area contributed by atoms with Gasteiger partial charge in [-0.15, -0.1) is 0 Å². The topological polar surface area (TPSA) is 82.2 Å². The van der Waals surface area contributed by atoms with Crippen LogP contribution in [-0.2, 0) is 12.8 Å². The molecule has 7 nitrogen and oxygen atoms in total. The molecule has 0 unspecified atom stereocenters. The highest BCUT2D eigenvalue weighted by Gasteiger charge is 2.26. The number of methoxy groups -OCH3 is 1. The van der Waals surface area contributed by atoms with Gasteiger partial charge in [-0.05, 0) is 18.6 Å². The molecule has 0 amide bonds. The Morgan fingerprint density at radius 2 is 2.00 bits per heavy atom. The number of fused-ring (bicyclic) bond motifs is 1. The van der Waals surface area contributed by atoms with Gasteiger partial charge in [0.25, 0.3) is 5.69 Å². The maximum absolute atomic E-state index is 11.4. The SMILES string of the molecule is COc1ccccc1Cc1nn(-c2ccccc2[N+](=O)[O-])c2c1CCN2. The fourth-order valence-electron chi connectivity index (χ4n) is 3.39. The Hall–Kier alpha value is -3.35. The highest BCUT2D eigenvalue weighted by molar-refractivity contribution is 5.62. The Morgan fingerprint density at radius 3 is 2.81 bits per heavy atom. The van der Waals surface area contributed by atoms with Crippen molar-refractivity contribution in [1.82, 2.24) is 9.78 Å². The van der Waals surface area contributed by atoms with Crippen LogP contribution in [0.3, 0.4) is 0 Å². The molecule has 3 aromatic rings. The number of anilines is 1. The Bertz CT molecular complexity index is 981. The van der Waals surface area contributed by atoms with Crippen LogP contribution in [0.1, 0.15) is 16.8 Å². The van der Waals surface area contributed by atoms with Crippen molar-refractivity contribution in [3.63, 3.8) is 0 Å². The zero-order valence-corrected chi connectivity index (χ0v) is 14.3. The van der Waals surface area contributed by atoms with E-state index >= 15 is 0 Å². The van der Waals surface area contributed by atoms with Crippen molar-refractivity contribution in [2.24, 2.45) is 0 Å². The molecular weight excluding hydrogens is 332 g/mol. The normalized spacial score (nSPS) is 12.5. The van der Waals surface area contributed by atoms with Crippen molar-refractivity contribution >= 4 is 11.5 Å². The summed E-state index contributed by atoms with van der Waals surface area (Å²) in [4.78, 5) is 11.0. The summed E-state index contributed by atoms with van der Waals surface area (Å²) in [7, 11) is 1.65. The van der Waals surface area contributed by atoms with Gasteiger partial charge in [0.2, 0.25) is 0 Å². The molecule has 1 aliphatic heterocycles. The average molecular weight is 350 g/mol. The van der Waals surface area contributed by atoms with Gasteiger partial charge in [0.05, 0.1) is 17.7 Å². The summed E-state index contributed by atoms with van der Waals surface area (Å²) in [6, 6.07) is 14.5. The molecular formula is C19H18N4O3. The van der Waals surface area contributed by atoms with Crippen LogP contribution >= 0.6 is 0 Å². The molecule has 0 bridgehead atoms. The third-order valence-corrected chi connectivity index (χ3v) is 4.59. The van der Waals surface area contributed by atoms with Crippen LogP contribution in [-0.4, -0.2) is 28.4 Å². The molecule has 1 aliphatic rings. The first-order valence-electron chi connectivity index (χ1n) is 8.39. The number of para-hydroxylation sites is 3. The van der Waals surface area contributed by atoms with Gasteiger partial charge in [-0.3, -0.25) is 10.1 Å². The predicted octanol–water partition coefficient (Wildman–Crippen LogP) is 3.35. The van der Waals surface area contributed by atoms with E-state index in [1.165, 1.54) is 6.07 Å². The molecule has 0 saturated heterocycles. The molecule has 4 rings (SSSR count). The van der Waals surface area contributed by atoms with Gasteiger partial charge in [0.1, 0.15) is 17.3 Å². The zero-order chi connectivity index (χ0) is 18.1. The van der Waals surface area contributed by atoms with Gasteiger partial charge >= 0.3 is 0 Å². The largest absolute Gasteiger partial charge is 0.496 e. The molecule has 0 atom stereocenters. The molecule has 2 heterocycles. The number of benzene rings is 2. The van der Waals surface area contributed by atoms with E-state index in [0.717, 1.165) is 41.4 Å². The maximum atomic E-state index is 11.4. The summed E-state index contributed by atoms with van der Waals surface area (Å²) in [6.45, 7) is 0.798. The average Bonchev–Trinajstić information content (AvgIpc) is 3.26. The molecule has 26 heavy (non-hydrogen) atoms. The van der Waals surface area contributed by atoms with Gasteiger partial charge < -0.3 is 10.1 Å². The highest BCUT2D eigenvalue weighted by Crippen LogP contribution is 2.34. The lowest BCUT2D eigenvalue weighted by Crippen LogP contribution is -2.07. The number of aromatic nitrogens is 2. The Labute approximate surface area is 150 Å². The van der Waals surface area contributed by atoms with Crippen molar-refractivity contribution in [2.75, 3.05) is 19.0 Å². The quantitative estimate of drug-likeness (QED) is 0.564. The van der Waals surface area contributed by atoms with Gasteiger partial charge in [0, 0.05) is 30.2 Å². The smallest absolute Gasteiger partial charge is 0.294 e. The molecule has 0 fully saturated rings. The lowest BCUT2D eigenvalue weighted by Gasteiger charge is -2.08.